The van der Waals surface area contributed by atoms with Crippen LogP contribution in [0, 0.1) is 6.07 Å². The van der Waals surface area contributed by atoms with Crippen molar-refractivity contribution < 1.29 is 0 Å². The number of hydrogen-bond acceptors (Lipinski definition) is 1. The quantitative estimate of drug-likeness (QED) is 0.736. The molecule has 1 nitrogen and oxygen atoms in total. The van der Waals surface area contributed by atoms with Crippen molar-refractivity contribution >= 4 is 15.9 Å². The molecule has 2 heteroatoms. The molecule has 0 fully saturated rings. The van der Waals surface area contributed by atoms with Crippen LogP contribution in [-0.4, -0.2) is 4.98 Å². The SMILES string of the molecule is Brc1cc[c]cc1-c1cccnc1. The van der Waals surface area contributed by atoms with E-state index in [1.54, 1.807) is 6.20 Å². The van der Waals surface area contributed by atoms with Gasteiger partial charge in [-0.15, -0.1) is 0 Å². The first kappa shape index (κ1) is 8.45. The zero-order chi connectivity index (χ0) is 9.10. The Balaban J connectivity index is 2.54. The smallest absolute Gasteiger partial charge is 0.0346 e. The second kappa shape index (κ2) is 3.71. The lowest BCUT2D eigenvalue weighted by Gasteiger charge is -2.01. The van der Waals surface area contributed by atoms with Crippen molar-refractivity contribution in [1.82, 2.24) is 4.98 Å². The molecule has 1 radical (unpaired) electrons. The summed E-state index contributed by atoms with van der Waals surface area (Å²) in [5.74, 6) is 0. The highest BCUT2D eigenvalue weighted by atomic mass is 79.9. The molecule has 1 aromatic carbocycles. The number of nitrogens with zero attached hydrogens (tertiary/aromatic N) is 1. The molecule has 0 aliphatic heterocycles. The van der Waals surface area contributed by atoms with Gasteiger partial charge in [0.25, 0.3) is 0 Å². The van der Waals surface area contributed by atoms with Gasteiger partial charge in [-0.05, 0) is 29.8 Å². The Morgan fingerprint density at radius 1 is 1.31 bits per heavy atom. The van der Waals surface area contributed by atoms with Gasteiger partial charge in [0, 0.05) is 22.4 Å². The van der Waals surface area contributed by atoms with E-state index in [0.29, 0.717) is 0 Å². The molecule has 0 atom stereocenters. The molecular formula is C11H7BrN. The monoisotopic (exact) mass is 232 g/mol. The first-order chi connectivity index (χ1) is 6.38. The average Bonchev–Trinajstić information content (AvgIpc) is 2.20. The minimum Gasteiger partial charge on any atom is -0.264 e. The van der Waals surface area contributed by atoms with Gasteiger partial charge in [0.2, 0.25) is 0 Å². The maximum atomic E-state index is 4.07. The molecule has 0 N–H and O–H groups in total. The third kappa shape index (κ3) is 1.78. The lowest BCUT2D eigenvalue weighted by Crippen LogP contribution is -1.79. The molecule has 0 aliphatic rings. The number of pyridine rings is 1. The summed E-state index contributed by atoms with van der Waals surface area (Å²) >= 11 is 3.49. The van der Waals surface area contributed by atoms with Crippen LogP contribution in [0.1, 0.15) is 0 Å². The topological polar surface area (TPSA) is 12.9 Å². The predicted molar refractivity (Wildman–Crippen MR) is 56.2 cm³/mol. The number of halogens is 1. The molecule has 2 aromatic rings. The molecular weight excluding hydrogens is 226 g/mol. The summed E-state index contributed by atoms with van der Waals surface area (Å²) in [6.45, 7) is 0. The van der Waals surface area contributed by atoms with Gasteiger partial charge in [-0.25, -0.2) is 0 Å². The Hall–Kier alpha value is -1.15. The number of aromatic nitrogens is 1. The van der Waals surface area contributed by atoms with Gasteiger partial charge in [-0.3, -0.25) is 4.98 Å². The van der Waals surface area contributed by atoms with E-state index in [9.17, 15) is 0 Å². The van der Waals surface area contributed by atoms with Gasteiger partial charge in [0.1, 0.15) is 0 Å². The molecule has 13 heavy (non-hydrogen) atoms. The van der Waals surface area contributed by atoms with Gasteiger partial charge >= 0.3 is 0 Å². The van der Waals surface area contributed by atoms with E-state index < -0.39 is 0 Å². The molecule has 0 amide bonds. The average molecular weight is 233 g/mol. The number of rotatable bonds is 1. The van der Waals surface area contributed by atoms with Crippen LogP contribution in [0.3, 0.4) is 0 Å². The zero-order valence-electron chi connectivity index (χ0n) is 6.87. The standard InChI is InChI=1S/C11H7BrN/c12-11-6-2-1-5-10(11)9-4-3-7-13-8-9/h2-8H. The molecule has 0 spiro atoms. The third-order valence-corrected chi connectivity index (χ3v) is 2.47. The van der Waals surface area contributed by atoms with Gasteiger partial charge in [0.15, 0.2) is 0 Å². The van der Waals surface area contributed by atoms with E-state index in [2.05, 4.69) is 27.0 Å². The van der Waals surface area contributed by atoms with Crippen LogP contribution >= 0.6 is 15.9 Å². The lowest BCUT2D eigenvalue weighted by molar-refractivity contribution is 1.33. The summed E-state index contributed by atoms with van der Waals surface area (Å²) in [6.07, 6.45) is 3.61. The Bertz CT molecular complexity index is 398. The Morgan fingerprint density at radius 2 is 2.23 bits per heavy atom. The second-order valence-electron chi connectivity index (χ2n) is 2.65. The van der Waals surface area contributed by atoms with Crippen LogP contribution in [0.4, 0.5) is 0 Å². The van der Waals surface area contributed by atoms with Crippen molar-refractivity contribution in [3.63, 3.8) is 0 Å². The molecule has 0 saturated carbocycles. The van der Waals surface area contributed by atoms with Crippen LogP contribution in [0.5, 0.6) is 0 Å². The van der Waals surface area contributed by atoms with Crippen molar-refractivity contribution in [2.24, 2.45) is 0 Å². The van der Waals surface area contributed by atoms with E-state index >= 15 is 0 Å². The third-order valence-electron chi connectivity index (χ3n) is 1.78. The molecule has 0 bridgehead atoms. The summed E-state index contributed by atoms with van der Waals surface area (Å²) in [5, 5.41) is 0. The molecule has 63 valence electrons. The summed E-state index contributed by atoms with van der Waals surface area (Å²) in [4.78, 5) is 4.07. The molecule has 0 saturated heterocycles. The molecule has 0 aliphatic carbocycles. The second-order valence-corrected chi connectivity index (χ2v) is 3.50. The largest absolute Gasteiger partial charge is 0.264 e. The van der Waals surface area contributed by atoms with Crippen LogP contribution in [0.15, 0.2) is 47.2 Å². The maximum Gasteiger partial charge on any atom is 0.0346 e. The maximum absolute atomic E-state index is 4.07. The van der Waals surface area contributed by atoms with Gasteiger partial charge in [-0.1, -0.05) is 28.1 Å². The van der Waals surface area contributed by atoms with Gasteiger partial charge in [0.05, 0.1) is 0 Å². The van der Waals surface area contributed by atoms with Gasteiger partial charge < -0.3 is 0 Å². The Morgan fingerprint density at radius 3 is 2.92 bits per heavy atom. The van der Waals surface area contributed by atoms with Crippen molar-refractivity contribution in [2.75, 3.05) is 0 Å². The van der Waals surface area contributed by atoms with Crippen molar-refractivity contribution in [2.45, 2.75) is 0 Å². The normalized spacial score (nSPS) is 9.92. The van der Waals surface area contributed by atoms with Crippen LogP contribution in [0.2, 0.25) is 0 Å². The number of benzene rings is 1. The summed E-state index contributed by atoms with van der Waals surface area (Å²) in [6, 6.07) is 12.8. The van der Waals surface area contributed by atoms with Crippen molar-refractivity contribution in [3.05, 3.63) is 53.3 Å². The Labute approximate surface area is 85.6 Å². The van der Waals surface area contributed by atoms with Crippen LogP contribution in [0.25, 0.3) is 11.1 Å². The fourth-order valence-electron chi connectivity index (χ4n) is 1.15. The number of hydrogen-bond donors (Lipinski definition) is 0. The predicted octanol–water partition coefficient (Wildman–Crippen LogP) is 3.31. The van der Waals surface area contributed by atoms with E-state index in [-0.39, 0.29) is 0 Å². The van der Waals surface area contributed by atoms with Crippen LogP contribution < -0.4 is 0 Å². The first-order valence-electron chi connectivity index (χ1n) is 3.94. The molecule has 2 rings (SSSR count). The minimum absolute atomic E-state index is 1.07. The highest BCUT2D eigenvalue weighted by Gasteiger charge is 2.00. The van der Waals surface area contributed by atoms with Crippen LogP contribution in [-0.2, 0) is 0 Å². The van der Waals surface area contributed by atoms with E-state index in [1.807, 2.05) is 36.5 Å². The first-order valence-corrected chi connectivity index (χ1v) is 4.73. The van der Waals surface area contributed by atoms with Crippen molar-refractivity contribution in [3.8, 4) is 11.1 Å². The summed E-state index contributed by atoms with van der Waals surface area (Å²) in [7, 11) is 0. The highest BCUT2D eigenvalue weighted by Crippen LogP contribution is 2.26. The highest BCUT2D eigenvalue weighted by molar-refractivity contribution is 9.10. The van der Waals surface area contributed by atoms with E-state index in [0.717, 1.165) is 15.6 Å². The molecule has 1 heterocycles. The van der Waals surface area contributed by atoms with Crippen molar-refractivity contribution in [1.29, 1.82) is 0 Å². The summed E-state index contributed by atoms with van der Waals surface area (Å²) in [5.41, 5.74) is 2.22. The Kier molecular flexibility index (Phi) is 2.41. The van der Waals surface area contributed by atoms with Gasteiger partial charge in [-0.2, -0.15) is 0 Å². The summed E-state index contributed by atoms with van der Waals surface area (Å²) < 4.78 is 1.07. The minimum atomic E-state index is 1.07. The lowest BCUT2D eigenvalue weighted by atomic mass is 10.1. The van der Waals surface area contributed by atoms with E-state index in [4.69, 9.17) is 0 Å². The molecule has 1 aromatic heterocycles. The molecule has 0 unspecified atom stereocenters. The fraction of sp³-hybridized carbons (Fsp3) is 0. The zero-order valence-corrected chi connectivity index (χ0v) is 8.45. The van der Waals surface area contributed by atoms with E-state index in [1.165, 1.54) is 0 Å². The fourth-order valence-corrected chi connectivity index (χ4v) is 1.63.